The summed E-state index contributed by atoms with van der Waals surface area (Å²) in [6, 6.07) is 40.8. The number of piperazine rings is 2. The number of thiophene rings is 1. The Morgan fingerprint density at radius 3 is 1.25 bits per heavy atom. The molecule has 4 aliphatic heterocycles. The molecule has 6 aromatic carbocycles. The van der Waals surface area contributed by atoms with Crippen LogP contribution in [0.2, 0.25) is 0 Å². The molecule has 30 heteroatoms. The third-order valence-corrected chi connectivity index (χ3v) is 24.4. The van der Waals surface area contributed by atoms with Crippen molar-refractivity contribution in [1.82, 2.24) is 49.5 Å². The SMILES string of the molecule is C.CCN1CCN(Cc2ccc(CC(=O)c3ccc(C)c(NC(=O)c4cncc(-c5cnn(C)c5)c4)c3)cc2C(C)(F)F)CC1.CCN1CCN(Cc2ccc(CC(=O)c3ccc(C)c(NC(=O)c4cncc(-c5cnoc5)c4)c3)cc2C(C)(F)F)CC1.Cc1ccc(C(=O)Nc2cc(N3CCOCC3)cc(N3CCOCC3)c2)cc1NC(=O)c1cncc(-c2cccs2)c1. The number of anilines is 6. The predicted molar refractivity (Wildman–Crippen MR) is 501 cm³/mol. The standard InChI is InChI=1S/C34H38F2N6O2.C33H35F2N5O3.C32H33N5O4S.CH4/c1-5-41-10-12-42(13-11-41)22-26-9-7-24(14-30(26)34(3,35)36)15-32(43)25-8-6-23(2)31(17-25)39-33(44)28-16-27(18-37-19-28)29-20-38-40(4)21-29;1-4-39-9-11-40(12-10-39)20-25-8-6-23(13-29(25)33(3,34)35)14-31(41)24-7-5-22(2)30(16-24)38-32(42)27-15-26(17-36-18-27)28-19-37-43-21-28;1-22-4-5-23(16-29(22)35-32(39)25-15-24(20-33-21-25)30-3-2-14-42-30)31(38)34-26-17-27(36-6-10-40-11-7-36)19-28(18-26)37-8-12-41-13-9-37;/h6-9,14,16-21H,5,10-13,15,22H2,1-4H3,(H,39,44);5-8,13,15-19,21H,4,9-12,14,20H2,1-3H3,(H,38,42);2-5,14-21H,6-13H2,1H3,(H,34,38)(H,35,39);1H4. The number of amides is 4. The van der Waals surface area contributed by atoms with Crippen LogP contribution in [0, 0.1) is 20.8 Å². The lowest BCUT2D eigenvalue weighted by Gasteiger charge is -2.34. The third-order valence-electron chi connectivity index (χ3n) is 23.5. The minimum Gasteiger partial charge on any atom is -0.378 e. The second kappa shape index (κ2) is 43.5. The van der Waals surface area contributed by atoms with E-state index >= 15 is 0 Å². The van der Waals surface area contributed by atoms with Gasteiger partial charge < -0.3 is 54.9 Å². The lowest BCUT2D eigenvalue weighted by atomic mass is 9.95. The summed E-state index contributed by atoms with van der Waals surface area (Å²) in [6.07, 6.45) is 16.0. The van der Waals surface area contributed by atoms with E-state index in [-0.39, 0.29) is 66.6 Å². The van der Waals surface area contributed by atoms with Crippen LogP contribution in [0.15, 0.2) is 211 Å². The van der Waals surface area contributed by atoms with Gasteiger partial charge in [0.05, 0.1) is 55.5 Å². The van der Waals surface area contributed by atoms with Crippen LogP contribution >= 0.6 is 11.3 Å². The second-order valence-corrected chi connectivity index (χ2v) is 33.9. The quantitative estimate of drug-likeness (QED) is 0.0275. The predicted octanol–water partition coefficient (Wildman–Crippen LogP) is 17.6. The van der Waals surface area contributed by atoms with E-state index in [1.165, 1.54) is 37.0 Å². The number of aryl methyl sites for hydroxylation is 4. The van der Waals surface area contributed by atoms with Gasteiger partial charge in [0.25, 0.3) is 35.5 Å². The van der Waals surface area contributed by atoms with Gasteiger partial charge >= 0.3 is 0 Å². The van der Waals surface area contributed by atoms with Crippen LogP contribution in [0.5, 0.6) is 0 Å². The number of halogens is 4. The zero-order valence-electron chi connectivity index (χ0n) is 73.6. The summed E-state index contributed by atoms with van der Waals surface area (Å²) in [5.41, 5.74) is 15.1. The van der Waals surface area contributed by atoms with Crippen molar-refractivity contribution in [3.05, 3.63) is 290 Å². The Bertz CT molecular complexity index is 5920. The van der Waals surface area contributed by atoms with E-state index in [1.54, 1.807) is 132 Å². The number of nitrogens with zero attached hydrogens (tertiary/aromatic N) is 12. The fourth-order valence-electron chi connectivity index (χ4n) is 15.9. The van der Waals surface area contributed by atoms with Gasteiger partial charge in [-0.3, -0.25) is 58.2 Å². The van der Waals surface area contributed by atoms with Crippen molar-refractivity contribution in [2.24, 2.45) is 7.05 Å². The summed E-state index contributed by atoms with van der Waals surface area (Å²) in [5.74, 6) is -7.83. The van der Waals surface area contributed by atoms with E-state index in [2.05, 4.69) is 95.8 Å². The Morgan fingerprint density at radius 2 is 0.846 bits per heavy atom. The minimum absolute atomic E-state index is 0. The first-order valence-electron chi connectivity index (χ1n) is 43.3. The smallest absolute Gasteiger partial charge is 0.270 e. The Kier molecular flexibility index (Phi) is 31.7. The van der Waals surface area contributed by atoms with Crippen LogP contribution in [0.1, 0.15) is 147 Å². The number of rotatable bonds is 27. The number of ketones is 2. The molecule has 4 N–H and O–H groups in total. The minimum atomic E-state index is -3.04. The molecule has 0 unspecified atom stereocenters. The van der Waals surface area contributed by atoms with Gasteiger partial charge in [-0.1, -0.05) is 87.1 Å². The van der Waals surface area contributed by atoms with Crippen molar-refractivity contribution in [3.63, 3.8) is 0 Å². The molecule has 130 heavy (non-hydrogen) atoms. The average molecular weight is 1790 g/mol. The van der Waals surface area contributed by atoms with Crippen LogP contribution in [0.25, 0.3) is 32.7 Å². The monoisotopic (exact) mass is 1790 g/mol. The highest BCUT2D eigenvalue weighted by Crippen LogP contribution is 2.37. The maximum atomic E-state index is 14.7. The fraction of sp³-hybridized carbons (Fsp3) is 0.330. The molecule has 0 saturated carbocycles. The van der Waals surface area contributed by atoms with Gasteiger partial charge in [-0.05, 0) is 157 Å². The number of pyridine rings is 3. The van der Waals surface area contributed by atoms with Crippen LogP contribution in [0.3, 0.4) is 0 Å². The highest BCUT2D eigenvalue weighted by molar-refractivity contribution is 7.13. The number of hydrogen-bond donors (Lipinski definition) is 4. The summed E-state index contributed by atoms with van der Waals surface area (Å²) >= 11 is 1.59. The van der Waals surface area contributed by atoms with Crippen molar-refractivity contribution in [2.75, 3.05) is 149 Å². The largest absolute Gasteiger partial charge is 0.378 e. The Hall–Kier alpha value is -12.8. The van der Waals surface area contributed by atoms with E-state index in [1.807, 2.05) is 75.8 Å². The summed E-state index contributed by atoms with van der Waals surface area (Å²) in [6.45, 7) is 27.4. The lowest BCUT2D eigenvalue weighted by molar-refractivity contribution is 0.0147. The van der Waals surface area contributed by atoms with Crippen molar-refractivity contribution in [3.8, 4) is 32.7 Å². The van der Waals surface area contributed by atoms with Crippen molar-refractivity contribution in [2.45, 2.75) is 93.7 Å². The molecule has 10 heterocycles. The highest BCUT2D eigenvalue weighted by Gasteiger charge is 2.33. The average Bonchev–Trinajstić information content (AvgIpc) is 0.934. The molecular formula is C100H110F4N16O9S. The van der Waals surface area contributed by atoms with Crippen LogP contribution < -0.4 is 31.1 Å². The summed E-state index contributed by atoms with van der Waals surface area (Å²) in [4.78, 5) is 107. The molecule has 12 aromatic rings. The number of likely N-dealkylation sites (N-methyl/N-ethyl adjacent to an activating group) is 2. The number of nitrogens with one attached hydrogen (secondary N) is 4. The molecule has 4 saturated heterocycles. The Labute approximate surface area is 759 Å². The number of aromatic nitrogens is 6. The molecule has 6 aromatic heterocycles. The molecule has 678 valence electrons. The van der Waals surface area contributed by atoms with Gasteiger partial charge in [0.1, 0.15) is 6.26 Å². The molecule has 4 fully saturated rings. The van der Waals surface area contributed by atoms with E-state index < -0.39 is 11.8 Å². The molecule has 25 nitrogen and oxygen atoms in total. The second-order valence-electron chi connectivity index (χ2n) is 32.9. The number of alkyl halides is 4. The zero-order valence-corrected chi connectivity index (χ0v) is 74.5. The zero-order chi connectivity index (χ0) is 90.9. The van der Waals surface area contributed by atoms with Crippen molar-refractivity contribution >= 4 is 80.7 Å². The first-order valence-corrected chi connectivity index (χ1v) is 44.1. The maximum Gasteiger partial charge on any atom is 0.270 e. The summed E-state index contributed by atoms with van der Waals surface area (Å²) < 4.78 is 76.6. The first kappa shape index (κ1) is 94.8. The number of ether oxygens (including phenoxy) is 2. The number of morpholine rings is 2. The molecule has 0 atom stereocenters. The number of hydrogen-bond acceptors (Lipinski definition) is 21. The fourth-order valence-corrected chi connectivity index (χ4v) is 16.6. The van der Waals surface area contributed by atoms with Gasteiger partial charge in [0.15, 0.2) is 11.6 Å². The van der Waals surface area contributed by atoms with E-state index in [0.29, 0.717) is 129 Å². The molecule has 0 spiro atoms. The van der Waals surface area contributed by atoms with Gasteiger partial charge in [-0.15, -0.1) is 11.3 Å². The highest BCUT2D eigenvalue weighted by atomic mass is 32.1. The Morgan fingerprint density at radius 1 is 0.431 bits per heavy atom. The topological polar surface area (TPSA) is 271 Å². The number of Topliss-reactive ketones (excluding diaryl/α,β-unsaturated/α-hetero) is 2. The molecule has 0 aliphatic carbocycles. The van der Waals surface area contributed by atoms with Crippen molar-refractivity contribution in [1.29, 1.82) is 0 Å². The van der Waals surface area contributed by atoms with Crippen molar-refractivity contribution < 1.29 is 60.3 Å². The normalized spacial score (nSPS) is 14.7. The summed E-state index contributed by atoms with van der Waals surface area (Å²) in [5, 5.41) is 21.7. The molecule has 4 amide bonds. The summed E-state index contributed by atoms with van der Waals surface area (Å²) in [7, 11) is 1.81. The van der Waals surface area contributed by atoms with Crippen LogP contribution in [-0.4, -0.2) is 203 Å². The van der Waals surface area contributed by atoms with Gasteiger partial charge in [0.2, 0.25) is 0 Å². The first-order chi connectivity index (χ1) is 62.1. The molecular weight excluding hydrogens is 1680 g/mol. The van der Waals surface area contributed by atoms with Gasteiger partial charge in [0, 0.05) is 263 Å². The van der Waals surface area contributed by atoms with Crippen LogP contribution in [0.4, 0.5) is 51.7 Å². The van der Waals surface area contributed by atoms with E-state index in [4.69, 9.17) is 14.0 Å². The van der Waals surface area contributed by atoms with E-state index in [0.717, 1.165) is 155 Å². The van der Waals surface area contributed by atoms with E-state index in [9.17, 15) is 46.3 Å². The van der Waals surface area contributed by atoms with Gasteiger partial charge in [-0.25, -0.2) is 17.6 Å². The Balaban J connectivity index is 0.000000166. The third kappa shape index (κ3) is 25.0. The lowest BCUT2D eigenvalue weighted by Crippen LogP contribution is -2.45. The number of carbonyl (C=O) groups excluding carboxylic acids is 6. The molecule has 0 bridgehead atoms. The van der Waals surface area contributed by atoms with Gasteiger partial charge in [-0.2, -0.15) is 5.10 Å². The van der Waals surface area contributed by atoms with Crippen LogP contribution in [-0.2, 0) is 54.3 Å². The maximum absolute atomic E-state index is 14.7. The molecule has 16 rings (SSSR count). The number of benzene rings is 6. The number of carbonyl (C=O) groups is 6. The molecule has 0 radical (unpaired) electrons. The molecule has 4 aliphatic rings.